The third kappa shape index (κ3) is 4.27. The van der Waals surface area contributed by atoms with Gasteiger partial charge in [0.2, 0.25) is 5.91 Å². The van der Waals surface area contributed by atoms with Crippen LogP contribution in [0.1, 0.15) is 26.5 Å². The summed E-state index contributed by atoms with van der Waals surface area (Å²) in [5.74, 6) is 0.224. The van der Waals surface area contributed by atoms with E-state index in [1.807, 2.05) is 11.8 Å². The fraction of sp³-hybridized carbons (Fsp3) is 0.765. The van der Waals surface area contributed by atoms with E-state index in [4.69, 9.17) is 11.6 Å². The Balaban J connectivity index is 1.56. The van der Waals surface area contributed by atoms with Crippen molar-refractivity contribution in [1.29, 1.82) is 0 Å². The van der Waals surface area contributed by atoms with Crippen molar-refractivity contribution >= 4 is 34.0 Å². The van der Waals surface area contributed by atoms with Gasteiger partial charge in [-0.3, -0.25) is 9.69 Å². The van der Waals surface area contributed by atoms with Gasteiger partial charge in [0.25, 0.3) is 0 Å². The minimum atomic E-state index is -0.101. The van der Waals surface area contributed by atoms with Crippen LogP contribution in [0, 0.1) is 6.92 Å². The highest BCUT2D eigenvalue weighted by Gasteiger charge is 2.34. The molecule has 0 aliphatic carbocycles. The first-order valence-electron chi connectivity index (χ1n) is 8.91. The van der Waals surface area contributed by atoms with Crippen molar-refractivity contribution in [1.82, 2.24) is 20.1 Å². The number of nitrogens with zero attached hydrogens (tertiary/aromatic N) is 4. The summed E-state index contributed by atoms with van der Waals surface area (Å²) in [5.41, 5.74) is 0.982. The Labute approximate surface area is 159 Å². The van der Waals surface area contributed by atoms with E-state index in [-0.39, 0.29) is 17.5 Å². The van der Waals surface area contributed by atoms with Gasteiger partial charge < -0.3 is 15.1 Å². The van der Waals surface area contributed by atoms with E-state index >= 15 is 0 Å². The number of nitrogens with one attached hydrogen (secondary N) is 1. The second-order valence-corrected chi connectivity index (χ2v) is 9.37. The molecule has 0 radical (unpaired) electrons. The SMILES string of the molecule is Cc1nc(N2CCN(C(=O)[C@H]3CN(C(C)(C)C)CCN3)CC2)sc1Cl. The highest BCUT2D eigenvalue weighted by molar-refractivity contribution is 7.19. The zero-order chi connectivity index (χ0) is 18.2. The van der Waals surface area contributed by atoms with E-state index in [0.29, 0.717) is 0 Å². The molecule has 0 aromatic carbocycles. The fourth-order valence-corrected chi connectivity index (χ4v) is 4.46. The third-order valence-corrected chi connectivity index (χ3v) is 6.52. The second kappa shape index (κ2) is 7.39. The maximum atomic E-state index is 12.9. The first kappa shape index (κ1) is 18.9. The van der Waals surface area contributed by atoms with Gasteiger partial charge in [0.15, 0.2) is 5.13 Å². The minimum Gasteiger partial charge on any atom is -0.344 e. The maximum absolute atomic E-state index is 12.9. The van der Waals surface area contributed by atoms with Gasteiger partial charge in [-0.2, -0.15) is 0 Å². The Kier molecular flexibility index (Phi) is 5.58. The van der Waals surface area contributed by atoms with E-state index in [2.05, 4.69) is 40.9 Å². The molecule has 0 spiro atoms. The molecule has 3 rings (SSSR count). The molecular formula is C17H28ClN5OS. The Hall–Kier alpha value is -0.890. The number of anilines is 1. The van der Waals surface area contributed by atoms with Gasteiger partial charge in [-0.15, -0.1) is 0 Å². The molecule has 1 amide bonds. The standard InChI is InChI=1S/C17H28ClN5OS/c1-12-14(18)25-16(20-12)22-9-7-21(8-10-22)15(24)13-11-23(6-5-19-13)17(2,3)4/h13,19H,5-11H2,1-4H3/t13-/m1/s1. The maximum Gasteiger partial charge on any atom is 0.241 e. The van der Waals surface area contributed by atoms with E-state index < -0.39 is 0 Å². The number of rotatable bonds is 2. The van der Waals surface area contributed by atoms with E-state index in [0.717, 1.165) is 61.0 Å². The molecule has 1 N–H and O–H groups in total. The molecule has 2 aliphatic heterocycles. The van der Waals surface area contributed by atoms with Crippen molar-refractivity contribution in [3.05, 3.63) is 10.0 Å². The van der Waals surface area contributed by atoms with Crippen LogP contribution in [0.5, 0.6) is 0 Å². The van der Waals surface area contributed by atoms with Gasteiger partial charge in [0.1, 0.15) is 4.34 Å². The topological polar surface area (TPSA) is 51.7 Å². The quantitative estimate of drug-likeness (QED) is 0.841. The Morgan fingerprint density at radius 1 is 1.24 bits per heavy atom. The monoisotopic (exact) mass is 385 g/mol. The number of amides is 1. The molecule has 2 fully saturated rings. The number of aryl methyl sites for hydroxylation is 1. The fourth-order valence-electron chi connectivity index (χ4n) is 3.36. The molecule has 25 heavy (non-hydrogen) atoms. The summed E-state index contributed by atoms with van der Waals surface area (Å²) in [5, 5.41) is 4.36. The summed E-state index contributed by atoms with van der Waals surface area (Å²) >= 11 is 7.65. The van der Waals surface area contributed by atoms with Crippen LogP contribution in [0.15, 0.2) is 0 Å². The number of hydrogen-bond donors (Lipinski definition) is 1. The molecule has 3 heterocycles. The Bertz CT molecular complexity index is 602. The smallest absolute Gasteiger partial charge is 0.241 e. The largest absolute Gasteiger partial charge is 0.344 e. The molecular weight excluding hydrogens is 358 g/mol. The van der Waals surface area contributed by atoms with E-state index in [1.165, 1.54) is 11.3 Å². The summed E-state index contributed by atoms with van der Waals surface area (Å²) in [6.07, 6.45) is 0. The number of thiazole rings is 1. The predicted octanol–water partition coefficient (Wildman–Crippen LogP) is 1.83. The Morgan fingerprint density at radius 3 is 2.48 bits per heavy atom. The highest BCUT2D eigenvalue weighted by atomic mass is 35.5. The third-order valence-electron chi connectivity index (χ3n) is 5.01. The molecule has 2 aliphatic rings. The lowest BCUT2D eigenvalue weighted by Gasteiger charge is -2.43. The average molecular weight is 386 g/mol. The molecule has 8 heteroatoms. The van der Waals surface area contributed by atoms with Gasteiger partial charge in [-0.05, 0) is 27.7 Å². The van der Waals surface area contributed by atoms with Crippen molar-refractivity contribution in [2.24, 2.45) is 0 Å². The van der Waals surface area contributed by atoms with Gasteiger partial charge in [0, 0.05) is 51.4 Å². The van der Waals surface area contributed by atoms with Gasteiger partial charge in [-0.25, -0.2) is 4.98 Å². The van der Waals surface area contributed by atoms with Crippen LogP contribution in [0.4, 0.5) is 5.13 Å². The molecule has 1 atom stereocenters. The van der Waals surface area contributed by atoms with Crippen LogP contribution in [-0.4, -0.2) is 78.1 Å². The highest BCUT2D eigenvalue weighted by Crippen LogP contribution is 2.30. The first-order chi connectivity index (χ1) is 11.8. The lowest BCUT2D eigenvalue weighted by molar-refractivity contribution is -0.135. The molecule has 0 saturated carbocycles. The van der Waals surface area contributed by atoms with Crippen LogP contribution in [-0.2, 0) is 4.79 Å². The lowest BCUT2D eigenvalue weighted by Crippen LogP contribution is -2.63. The van der Waals surface area contributed by atoms with Crippen LogP contribution in [0.2, 0.25) is 4.34 Å². The number of aromatic nitrogens is 1. The van der Waals surface area contributed by atoms with Crippen LogP contribution < -0.4 is 10.2 Å². The zero-order valence-corrected chi connectivity index (χ0v) is 17.1. The number of halogens is 1. The first-order valence-corrected chi connectivity index (χ1v) is 10.1. The normalized spacial score (nSPS) is 23.2. The average Bonchev–Trinajstić information content (AvgIpc) is 2.93. The van der Waals surface area contributed by atoms with Crippen molar-refractivity contribution < 1.29 is 4.79 Å². The van der Waals surface area contributed by atoms with Gasteiger partial charge in [-0.1, -0.05) is 22.9 Å². The molecule has 2 saturated heterocycles. The zero-order valence-electron chi connectivity index (χ0n) is 15.5. The van der Waals surface area contributed by atoms with Crippen molar-refractivity contribution in [3.8, 4) is 0 Å². The molecule has 140 valence electrons. The van der Waals surface area contributed by atoms with Crippen LogP contribution in [0.3, 0.4) is 0 Å². The summed E-state index contributed by atoms with van der Waals surface area (Å²) in [6, 6.07) is -0.101. The molecule has 6 nitrogen and oxygen atoms in total. The summed E-state index contributed by atoms with van der Waals surface area (Å²) in [7, 11) is 0. The lowest BCUT2D eigenvalue weighted by atomic mass is 10.0. The number of carbonyl (C=O) groups excluding carboxylic acids is 1. The minimum absolute atomic E-state index is 0.0985. The van der Waals surface area contributed by atoms with Crippen molar-refractivity contribution in [2.75, 3.05) is 50.7 Å². The van der Waals surface area contributed by atoms with Gasteiger partial charge >= 0.3 is 0 Å². The summed E-state index contributed by atoms with van der Waals surface area (Å²) in [4.78, 5) is 24.0. The van der Waals surface area contributed by atoms with Crippen molar-refractivity contribution in [2.45, 2.75) is 39.3 Å². The molecule has 1 aromatic rings. The molecule has 0 unspecified atom stereocenters. The van der Waals surface area contributed by atoms with E-state index in [9.17, 15) is 4.79 Å². The molecule has 1 aromatic heterocycles. The van der Waals surface area contributed by atoms with Crippen LogP contribution in [0.25, 0.3) is 0 Å². The number of piperazine rings is 2. The second-order valence-electron chi connectivity index (χ2n) is 7.79. The van der Waals surface area contributed by atoms with E-state index in [1.54, 1.807) is 0 Å². The molecule has 0 bridgehead atoms. The summed E-state index contributed by atoms with van der Waals surface area (Å²) < 4.78 is 0.752. The number of carbonyl (C=O) groups is 1. The number of hydrogen-bond acceptors (Lipinski definition) is 6. The summed E-state index contributed by atoms with van der Waals surface area (Å²) in [6.45, 7) is 14.3. The van der Waals surface area contributed by atoms with Crippen LogP contribution >= 0.6 is 22.9 Å². The predicted molar refractivity (Wildman–Crippen MR) is 104 cm³/mol. The Morgan fingerprint density at radius 2 is 1.92 bits per heavy atom. The van der Waals surface area contributed by atoms with Crippen molar-refractivity contribution in [3.63, 3.8) is 0 Å². The van der Waals surface area contributed by atoms with Gasteiger partial charge in [0.05, 0.1) is 11.7 Å².